The smallest absolute Gasteiger partial charge is 0.238 e. The SMILES string of the molecule is CNc1ccc(NC(=O)CN(C)Cc2ccccc2)cc1. The zero-order valence-corrected chi connectivity index (χ0v) is 12.5. The Morgan fingerprint density at radius 2 is 1.62 bits per heavy atom. The monoisotopic (exact) mass is 283 g/mol. The first-order chi connectivity index (χ1) is 10.2. The predicted octanol–water partition coefficient (Wildman–Crippen LogP) is 2.80. The van der Waals surface area contributed by atoms with Crippen LogP contribution in [0.4, 0.5) is 11.4 Å². The summed E-state index contributed by atoms with van der Waals surface area (Å²) in [7, 11) is 3.81. The van der Waals surface area contributed by atoms with E-state index in [9.17, 15) is 4.79 Å². The van der Waals surface area contributed by atoms with Gasteiger partial charge in [-0.3, -0.25) is 9.69 Å². The number of nitrogens with zero attached hydrogens (tertiary/aromatic N) is 1. The van der Waals surface area contributed by atoms with E-state index in [1.807, 2.05) is 61.5 Å². The van der Waals surface area contributed by atoms with Crippen LogP contribution in [0.1, 0.15) is 5.56 Å². The van der Waals surface area contributed by atoms with Crippen molar-refractivity contribution >= 4 is 17.3 Å². The number of nitrogens with one attached hydrogen (secondary N) is 2. The molecule has 2 rings (SSSR count). The highest BCUT2D eigenvalue weighted by Crippen LogP contribution is 2.12. The molecule has 110 valence electrons. The third kappa shape index (κ3) is 4.93. The highest BCUT2D eigenvalue weighted by atomic mass is 16.2. The number of hydrogen-bond donors (Lipinski definition) is 2. The molecular formula is C17H21N3O. The van der Waals surface area contributed by atoms with Crippen LogP contribution in [0.15, 0.2) is 54.6 Å². The van der Waals surface area contributed by atoms with Gasteiger partial charge in [-0.15, -0.1) is 0 Å². The maximum Gasteiger partial charge on any atom is 0.238 e. The van der Waals surface area contributed by atoms with Gasteiger partial charge in [0.2, 0.25) is 5.91 Å². The third-order valence-electron chi connectivity index (χ3n) is 3.17. The van der Waals surface area contributed by atoms with Crippen molar-refractivity contribution in [2.45, 2.75) is 6.54 Å². The van der Waals surface area contributed by atoms with E-state index in [0.29, 0.717) is 6.54 Å². The third-order valence-corrected chi connectivity index (χ3v) is 3.17. The van der Waals surface area contributed by atoms with Crippen LogP contribution in [0.25, 0.3) is 0 Å². The summed E-state index contributed by atoms with van der Waals surface area (Å²) in [4.78, 5) is 14.0. The van der Waals surface area contributed by atoms with Gasteiger partial charge in [0.15, 0.2) is 0 Å². The van der Waals surface area contributed by atoms with Gasteiger partial charge in [-0.05, 0) is 36.9 Å². The maximum atomic E-state index is 12.0. The maximum absolute atomic E-state index is 12.0. The summed E-state index contributed by atoms with van der Waals surface area (Å²) < 4.78 is 0. The van der Waals surface area contributed by atoms with Crippen molar-refractivity contribution in [2.75, 3.05) is 31.3 Å². The van der Waals surface area contributed by atoms with Crippen LogP contribution in [0.2, 0.25) is 0 Å². The lowest BCUT2D eigenvalue weighted by atomic mass is 10.2. The zero-order chi connectivity index (χ0) is 15.1. The van der Waals surface area contributed by atoms with Crippen molar-refractivity contribution in [1.29, 1.82) is 0 Å². The Morgan fingerprint density at radius 1 is 1.00 bits per heavy atom. The largest absolute Gasteiger partial charge is 0.388 e. The van der Waals surface area contributed by atoms with Crippen LogP contribution in [-0.2, 0) is 11.3 Å². The number of hydrogen-bond acceptors (Lipinski definition) is 3. The lowest BCUT2D eigenvalue weighted by Crippen LogP contribution is -2.29. The molecule has 0 fully saturated rings. The van der Waals surface area contributed by atoms with Gasteiger partial charge >= 0.3 is 0 Å². The van der Waals surface area contributed by atoms with Crippen LogP contribution in [0, 0.1) is 0 Å². The molecule has 21 heavy (non-hydrogen) atoms. The molecule has 0 saturated heterocycles. The number of carbonyl (C=O) groups excluding carboxylic acids is 1. The molecule has 0 unspecified atom stereocenters. The summed E-state index contributed by atoms with van der Waals surface area (Å²) in [6.07, 6.45) is 0. The second kappa shape index (κ2) is 7.45. The lowest BCUT2D eigenvalue weighted by molar-refractivity contribution is -0.117. The molecule has 0 aliphatic rings. The zero-order valence-electron chi connectivity index (χ0n) is 12.5. The van der Waals surface area contributed by atoms with Gasteiger partial charge in [-0.25, -0.2) is 0 Å². The van der Waals surface area contributed by atoms with Crippen LogP contribution in [0.3, 0.4) is 0 Å². The molecular weight excluding hydrogens is 262 g/mol. The normalized spacial score (nSPS) is 10.4. The number of anilines is 2. The fourth-order valence-electron chi connectivity index (χ4n) is 2.12. The Bertz CT molecular complexity index is 566. The second-order valence-electron chi connectivity index (χ2n) is 5.03. The number of rotatable bonds is 6. The molecule has 2 aromatic carbocycles. The average Bonchev–Trinajstić information content (AvgIpc) is 2.48. The predicted molar refractivity (Wildman–Crippen MR) is 87.4 cm³/mol. The first-order valence-corrected chi connectivity index (χ1v) is 6.97. The molecule has 2 aromatic rings. The molecule has 2 N–H and O–H groups in total. The van der Waals surface area contributed by atoms with Gasteiger partial charge in [-0.1, -0.05) is 30.3 Å². The molecule has 0 saturated carbocycles. The average molecular weight is 283 g/mol. The van der Waals surface area contributed by atoms with E-state index in [-0.39, 0.29) is 5.91 Å². The van der Waals surface area contributed by atoms with Crippen molar-refractivity contribution in [2.24, 2.45) is 0 Å². The number of likely N-dealkylation sites (N-methyl/N-ethyl adjacent to an activating group) is 1. The van der Waals surface area contributed by atoms with Crippen molar-refractivity contribution in [3.63, 3.8) is 0 Å². The minimum Gasteiger partial charge on any atom is -0.388 e. The van der Waals surface area contributed by atoms with Crippen molar-refractivity contribution in [1.82, 2.24) is 4.90 Å². The molecule has 0 aliphatic carbocycles. The summed E-state index contributed by atoms with van der Waals surface area (Å²) >= 11 is 0. The Balaban J connectivity index is 1.83. The molecule has 1 amide bonds. The van der Waals surface area contributed by atoms with Gasteiger partial charge in [0.05, 0.1) is 6.54 Å². The van der Waals surface area contributed by atoms with Gasteiger partial charge < -0.3 is 10.6 Å². The first kappa shape index (κ1) is 15.1. The van der Waals surface area contributed by atoms with E-state index in [2.05, 4.69) is 22.8 Å². The van der Waals surface area contributed by atoms with Gasteiger partial charge in [0, 0.05) is 25.0 Å². The summed E-state index contributed by atoms with van der Waals surface area (Å²) in [5, 5.41) is 5.95. The molecule has 0 spiro atoms. The molecule has 0 heterocycles. The van der Waals surface area contributed by atoms with Crippen molar-refractivity contribution < 1.29 is 4.79 Å². The minimum absolute atomic E-state index is 0.00867. The highest BCUT2D eigenvalue weighted by molar-refractivity contribution is 5.92. The fraction of sp³-hybridized carbons (Fsp3) is 0.235. The van der Waals surface area contributed by atoms with Crippen LogP contribution in [0.5, 0.6) is 0 Å². The number of benzene rings is 2. The quantitative estimate of drug-likeness (QED) is 0.857. The molecule has 4 nitrogen and oxygen atoms in total. The number of amides is 1. The van der Waals surface area contributed by atoms with E-state index in [0.717, 1.165) is 17.9 Å². The topological polar surface area (TPSA) is 44.4 Å². The summed E-state index contributed by atoms with van der Waals surface area (Å²) in [6, 6.07) is 17.8. The van der Waals surface area contributed by atoms with Gasteiger partial charge in [0.25, 0.3) is 0 Å². The lowest BCUT2D eigenvalue weighted by Gasteiger charge is -2.16. The first-order valence-electron chi connectivity index (χ1n) is 6.97. The summed E-state index contributed by atoms with van der Waals surface area (Å²) in [6.45, 7) is 1.12. The van der Waals surface area contributed by atoms with E-state index in [1.54, 1.807) is 0 Å². The molecule has 4 heteroatoms. The van der Waals surface area contributed by atoms with Crippen LogP contribution in [-0.4, -0.2) is 31.4 Å². The Kier molecular flexibility index (Phi) is 5.35. The Labute approximate surface area is 125 Å². The van der Waals surface area contributed by atoms with Crippen molar-refractivity contribution in [3.05, 3.63) is 60.2 Å². The van der Waals surface area contributed by atoms with Crippen LogP contribution < -0.4 is 10.6 Å². The minimum atomic E-state index is -0.00867. The summed E-state index contributed by atoms with van der Waals surface area (Å²) in [5.41, 5.74) is 3.03. The standard InChI is InChI=1S/C17H21N3O/c1-18-15-8-10-16(11-9-15)19-17(21)13-20(2)12-14-6-4-3-5-7-14/h3-11,18H,12-13H2,1-2H3,(H,19,21). The number of carbonyl (C=O) groups is 1. The fourth-order valence-corrected chi connectivity index (χ4v) is 2.12. The van der Waals surface area contributed by atoms with Gasteiger partial charge in [0.1, 0.15) is 0 Å². The highest BCUT2D eigenvalue weighted by Gasteiger charge is 2.07. The molecule has 0 radical (unpaired) electrons. The van der Waals surface area contributed by atoms with E-state index < -0.39 is 0 Å². The van der Waals surface area contributed by atoms with Crippen molar-refractivity contribution in [3.8, 4) is 0 Å². The van der Waals surface area contributed by atoms with Crippen LogP contribution >= 0.6 is 0 Å². The van der Waals surface area contributed by atoms with E-state index in [1.165, 1.54) is 5.56 Å². The molecule has 0 atom stereocenters. The molecule has 0 aromatic heterocycles. The van der Waals surface area contributed by atoms with E-state index in [4.69, 9.17) is 0 Å². The molecule has 0 aliphatic heterocycles. The van der Waals surface area contributed by atoms with Gasteiger partial charge in [-0.2, -0.15) is 0 Å². The molecule has 0 bridgehead atoms. The van der Waals surface area contributed by atoms with E-state index >= 15 is 0 Å². The Morgan fingerprint density at radius 3 is 2.24 bits per heavy atom. The summed E-state index contributed by atoms with van der Waals surface area (Å²) in [5.74, 6) is -0.00867. The Hall–Kier alpha value is -2.33. The second-order valence-corrected chi connectivity index (χ2v) is 5.03.